The lowest BCUT2D eigenvalue weighted by Gasteiger charge is -2.28. The van der Waals surface area contributed by atoms with Gasteiger partial charge in [0.15, 0.2) is 0 Å². The van der Waals surface area contributed by atoms with Crippen LogP contribution in [0.2, 0.25) is 5.02 Å². The number of anilines is 2. The van der Waals surface area contributed by atoms with E-state index in [0.29, 0.717) is 18.9 Å². The highest BCUT2D eigenvalue weighted by molar-refractivity contribution is 7.91. The van der Waals surface area contributed by atoms with Gasteiger partial charge in [0.05, 0.1) is 19.0 Å². The van der Waals surface area contributed by atoms with Crippen molar-refractivity contribution in [2.24, 2.45) is 0 Å². The molecule has 1 heterocycles. The number of nitrogens with one attached hydrogen (secondary N) is 1. The van der Waals surface area contributed by atoms with Crippen LogP contribution in [0.1, 0.15) is 5.56 Å². The van der Waals surface area contributed by atoms with Gasteiger partial charge in [-0.25, -0.2) is 12.8 Å². The van der Waals surface area contributed by atoms with Crippen LogP contribution >= 0.6 is 11.6 Å². The summed E-state index contributed by atoms with van der Waals surface area (Å²) >= 11 is 5.90. The van der Waals surface area contributed by atoms with E-state index in [2.05, 4.69) is 9.62 Å². The summed E-state index contributed by atoms with van der Waals surface area (Å²) in [5.74, 6) is -1.16. The van der Waals surface area contributed by atoms with Crippen LogP contribution in [0.5, 0.6) is 0 Å². The highest BCUT2D eigenvalue weighted by Gasteiger charge is 2.18. The normalized spacial score (nSPS) is 15.2. The Morgan fingerprint density at radius 2 is 1.80 bits per heavy atom. The summed E-state index contributed by atoms with van der Waals surface area (Å²) in [6, 6.07) is 11.2. The van der Waals surface area contributed by atoms with Gasteiger partial charge in [-0.15, -0.1) is 0 Å². The van der Waals surface area contributed by atoms with Gasteiger partial charge in [0, 0.05) is 35.1 Å². The fourth-order valence-electron chi connectivity index (χ4n) is 2.64. The van der Waals surface area contributed by atoms with Crippen molar-refractivity contribution < 1.29 is 17.5 Å². The Labute approximate surface area is 151 Å². The van der Waals surface area contributed by atoms with Crippen molar-refractivity contribution in [3.8, 4) is 0 Å². The molecule has 2 aromatic carbocycles. The van der Waals surface area contributed by atoms with Crippen LogP contribution in [0.25, 0.3) is 0 Å². The van der Waals surface area contributed by atoms with Crippen LogP contribution in [0.3, 0.4) is 0 Å². The fraction of sp³-hybridized carbons (Fsp3) is 0.294. The van der Waals surface area contributed by atoms with Crippen molar-refractivity contribution in [3.05, 3.63) is 58.9 Å². The first-order valence-corrected chi connectivity index (χ1v) is 9.84. The topological polar surface area (TPSA) is 58.6 Å². The van der Waals surface area contributed by atoms with Crippen molar-refractivity contribution in [1.29, 1.82) is 0 Å². The number of morpholine rings is 1. The zero-order chi connectivity index (χ0) is 17.9. The second-order valence-electron chi connectivity index (χ2n) is 5.71. The Morgan fingerprint density at radius 1 is 1.12 bits per heavy atom. The van der Waals surface area contributed by atoms with Gasteiger partial charge in [0.1, 0.15) is 5.82 Å². The maximum absolute atomic E-state index is 13.8. The smallest absolute Gasteiger partial charge is 0.237 e. The summed E-state index contributed by atoms with van der Waals surface area (Å²) in [5.41, 5.74) is 1.38. The molecule has 5 nitrogen and oxygen atoms in total. The Bertz CT molecular complexity index is 817. The van der Waals surface area contributed by atoms with E-state index in [1.54, 1.807) is 12.1 Å². The van der Waals surface area contributed by atoms with E-state index < -0.39 is 21.6 Å². The van der Waals surface area contributed by atoms with Crippen LogP contribution in [-0.2, 0) is 20.5 Å². The van der Waals surface area contributed by atoms with Gasteiger partial charge in [-0.1, -0.05) is 17.7 Å². The van der Waals surface area contributed by atoms with Gasteiger partial charge in [-0.3, -0.25) is 4.72 Å². The number of halogens is 2. The number of nitrogens with zero attached hydrogens (tertiary/aromatic N) is 1. The highest BCUT2D eigenvalue weighted by atomic mass is 35.5. The van der Waals surface area contributed by atoms with Gasteiger partial charge >= 0.3 is 0 Å². The van der Waals surface area contributed by atoms with Crippen LogP contribution in [0.4, 0.5) is 15.8 Å². The largest absolute Gasteiger partial charge is 0.378 e. The number of hydrogen-bond acceptors (Lipinski definition) is 4. The lowest BCUT2D eigenvalue weighted by molar-refractivity contribution is 0.122. The van der Waals surface area contributed by atoms with E-state index in [4.69, 9.17) is 16.3 Å². The highest BCUT2D eigenvalue weighted by Crippen LogP contribution is 2.24. The maximum Gasteiger partial charge on any atom is 0.237 e. The summed E-state index contributed by atoms with van der Waals surface area (Å²) < 4.78 is 46.1. The van der Waals surface area contributed by atoms with E-state index in [-0.39, 0.29) is 10.6 Å². The average molecular weight is 385 g/mol. The zero-order valence-corrected chi connectivity index (χ0v) is 15.0. The Hall–Kier alpha value is -1.83. The predicted molar refractivity (Wildman–Crippen MR) is 97.1 cm³/mol. The molecular formula is C17H18ClFN2O3S. The monoisotopic (exact) mass is 384 g/mol. The van der Waals surface area contributed by atoms with Crippen LogP contribution in [0.15, 0.2) is 42.5 Å². The number of rotatable bonds is 5. The van der Waals surface area contributed by atoms with Crippen molar-refractivity contribution in [2.75, 3.05) is 35.9 Å². The summed E-state index contributed by atoms with van der Waals surface area (Å²) in [7, 11) is -3.78. The molecule has 0 amide bonds. The summed E-state index contributed by atoms with van der Waals surface area (Å²) in [6.07, 6.45) is 0. The zero-order valence-electron chi connectivity index (χ0n) is 13.4. The van der Waals surface area contributed by atoms with Crippen LogP contribution in [0, 0.1) is 5.82 Å². The minimum atomic E-state index is -3.78. The molecule has 25 heavy (non-hydrogen) atoms. The van der Waals surface area contributed by atoms with E-state index in [1.807, 2.05) is 12.1 Å². The molecular weight excluding hydrogens is 367 g/mol. The summed E-state index contributed by atoms with van der Waals surface area (Å²) in [4.78, 5) is 2.17. The van der Waals surface area contributed by atoms with E-state index in [9.17, 15) is 12.8 Å². The predicted octanol–water partition coefficient (Wildman–Crippen LogP) is 3.26. The molecule has 0 bridgehead atoms. The summed E-state index contributed by atoms with van der Waals surface area (Å²) in [6.45, 7) is 2.96. The molecule has 0 spiro atoms. The average Bonchev–Trinajstić information content (AvgIpc) is 2.59. The SMILES string of the molecule is O=S(=O)(Cc1c(F)cccc1Cl)Nc1ccc(N2CCOCC2)cc1. The minimum absolute atomic E-state index is 0.0402. The molecule has 3 rings (SSSR count). The molecule has 8 heteroatoms. The molecule has 1 aliphatic heterocycles. The minimum Gasteiger partial charge on any atom is -0.378 e. The first kappa shape index (κ1) is 18.0. The third-order valence-electron chi connectivity index (χ3n) is 3.91. The molecule has 134 valence electrons. The molecule has 1 saturated heterocycles. The Morgan fingerprint density at radius 3 is 2.44 bits per heavy atom. The fourth-order valence-corrected chi connectivity index (χ4v) is 4.19. The quantitative estimate of drug-likeness (QED) is 0.859. The van der Waals surface area contributed by atoms with Crippen molar-refractivity contribution in [3.63, 3.8) is 0 Å². The molecule has 0 saturated carbocycles. The third kappa shape index (κ3) is 4.62. The molecule has 0 atom stereocenters. The molecule has 1 fully saturated rings. The van der Waals surface area contributed by atoms with E-state index in [0.717, 1.165) is 18.8 Å². The van der Waals surface area contributed by atoms with E-state index >= 15 is 0 Å². The lowest BCUT2D eigenvalue weighted by Crippen LogP contribution is -2.36. The van der Waals surface area contributed by atoms with E-state index in [1.165, 1.54) is 18.2 Å². The number of sulfonamides is 1. The van der Waals surface area contributed by atoms with Crippen LogP contribution < -0.4 is 9.62 Å². The number of benzene rings is 2. The molecule has 0 unspecified atom stereocenters. The number of ether oxygens (including phenoxy) is 1. The van der Waals surface area contributed by atoms with Gasteiger partial charge in [-0.05, 0) is 36.4 Å². The molecule has 2 aromatic rings. The van der Waals surface area contributed by atoms with Gasteiger partial charge in [0.2, 0.25) is 10.0 Å². The molecule has 0 aliphatic carbocycles. The lowest BCUT2D eigenvalue weighted by atomic mass is 10.2. The van der Waals surface area contributed by atoms with Gasteiger partial charge in [0.25, 0.3) is 0 Å². The standard InChI is InChI=1S/C17H18ClFN2O3S/c18-16-2-1-3-17(19)15(16)12-25(22,23)20-13-4-6-14(7-5-13)21-8-10-24-11-9-21/h1-7,20H,8-12H2. The van der Waals surface area contributed by atoms with Gasteiger partial charge in [-0.2, -0.15) is 0 Å². The van der Waals surface area contributed by atoms with Crippen molar-refractivity contribution in [1.82, 2.24) is 0 Å². The number of hydrogen-bond donors (Lipinski definition) is 1. The second kappa shape index (κ2) is 7.59. The Kier molecular flexibility index (Phi) is 5.46. The first-order chi connectivity index (χ1) is 11.9. The molecule has 1 aliphatic rings. The van der Waals surface area contributed by atoms with Crippen molar-refractivity contribution in [2.45, 2.75) is 5.75 Å². The Balaban J connectivity index is 1.70. The summed E-state index contributed by atoms with van der Waals surface area (Å²) in [5, 5.41) is 0.0908. The second-order valence-corrected chi connectivity index (χ2v) is 7.84. The molecule has 0 radical (unpaired) electrons. The van der Waals surface area contributed by atoms with Crippen LogP contribution in [-0.4, -0.2) is 34.7 Å². The first-order valence-electron chi connectivity index (χ1n) is 7.81. The molecule has 0 aromatic heterocycles. The molecule has 1 N–H and O–H groups in total. The van der Waals surface area contributed by atoms with Gasteiger partial charge < -0.3 is 9.64 Å². The maximum atomic E-state index is 13.8. The van der Waals surface area contributed by atoms with Crippen molar-refractivity contribution >= 4 is 33.0 Å². The third-order valence-corrected chi connectivity index (χ3v) is 5.48.